The molecule has 0 aliphatic rings. The first-order valence-electron chi connectivity index (χ1n) is 7.89. The van der Waals surface area contributed by atoms with Gasteiger partial charge in [0.2, 0.25) is 5.91 Å². The molecular weight excluding hydrogens is 268 g/mol. The molecule has 0 aliphatic carbocycles. The summed E-state index contributed by atoms with van der Waals surface area (Å²) in [7, 11) is 0. The van der Waals surface area contributed by atoms with Crippen molar-refractivity contribution >= 4 is 11.9 Å². The Bertz CT molecular complexity index is 306. The predicted molar refractivity (Wildman–Crippen MR) is 87.5 cm³/mol. The van der Waals surface area contributed by atoms with Gasteiger partial charge in [-0.25, -0.2) is 0 Å². The summed E-state index contributed by atoms with van der Waals surface area (Å²) in [6.07, 6.45) is 1.16. The van der Waals surface area contributed by atoms with Crippen molar-refractivity contribution < 1.29 is 9.53 Å². The number of carbonyl (C=O) groups is 1. The summed E-state index contributed by atoms with van der Waals surface area (Å²) in [5, 5.41) is 9.13. The van der Waals surface area contributed by atoms with Gasteiger partial charge in [0.1, 0.15) is 0 Å². The SMILES string of the molecule is CCNC(=NCCC(OCC)C(C)C)NCCNC(C)=O. The lowest BCUT2D eigenvalue weighted by Crippen LogP contribution is -2.41. The van der Waals surface area contributed by atoms with Gasteiger partial charge in [-0.2, -0.15) is 0 Å². The maximum absolute atomic E-state index is 10.8. The van der Waals surface area contributed by atoms with Crippen molar-refractivity contribution in [1.29, 1.82) is 0 Å². The molecule has 0 heterocycles. The van der Waals surface area contributed by atoms with Gasteiger partial charge in [-0.1, -0.05) is 13.8 Å². The molecule has 3 N–H and O–H groups in total. The van der Waals surface area contributed by atoms with Gasteiger partial charge in [0.25, 0.3) is 0 Å². The molecule has 0 saturated heterocycles. The van der Waals surface area contributed by atoms with Crippen molar-refractivity contribution in [1.82, 2.24) is 16.0 Å². The molecule has 0 aromatic carbocycles. The van der Waals surface area contributed by atoms with Gasteiger partial charge in [0.15, 0.2) is 5.96 Å². The van der Waals surface area contributed by atoms with Gasteiger partial charge < -0.3 is 20.7 Å². The van der Waals surface area contributed by atoms with E-state index in [2.05, 4.69) is 34.8 Å². The van der Waals surface area contributed by atoms with Crippen LogP contribution in [-0.4, -0.2) is 50.8 Å². The number of ether oxygens (including phenoxy) is 1. The number of carbonyl (C=O) groups excluding carboxylic acids is 1. The Morgan fingerprint density at radius 1 is 1.14 bits per heavy atom. The molecule has 1 amide bonds. The second-order valence-corrected chi connectivity index (χ2v) is 5.20. The van der Waals surface area contributed by atoms with Crippen molar-refractivity contribution in [3.05, 3.63) is 0 Å². The average molecular weight is 300 g/mol. The summed E-state index contributed by atoms with van der Waals surface area (Å²) >= 11 is 0. The zero-order valence-electron chi connectivity index (χ0n) is 14.2. The van der Waals surface area contributed by atoms with Gasteiger partial charge in [-0.05, 0) is 26.2 Å². The summed E-state index contributed by atoms with van der Waals surface area (Å²) in [4.78, 5) is 15.3. The molecule has 6 nitrogen and oxygen atoms in total. The molecule has 0 aliphatic heterocycles. The molecule has 0 saturated carbocycles. The smallest absolute Gasteiger partial charge is 0.216 e. The normalized spacial score (nSPS) is 13.1. The van der Waals surface area contributed by atoms with Crippen LogP contribution < -0.4 is 16.0 Å². The molecule has 0 aromatic heterocycles. The predicted octanol–water partition coefficient (Wildman–Crippen LogP) is 1.13. The lowest BCUT2D eigenvalue weighted by Gasteiger charge is -2.20. The van der Waals surface area contributed by atoms with Crippen LogP contribution in [0.3, 0.4) is 0 Å². The Morgan fingerprint density at radius 2 is 1.81 bits per heavy atom. The van der Waals surface area contributed by atoms with Gasteiger partial charge in [0.05, 0.1) is 6.10 Å². The number of nitrogens with one attached hydrogen (secondary N) is 3. The maximum Gasteiger partial charge on any atom is 0.216 e. The molecule has 21 heavy (non-hydrogen) atoms. The molecule has 0 radical (unpaired) electrons. The van der Waals surface area contributed by atoms with Crippen molar-refractivity contribution in [3.8, 4) is 0 Å². The van der Waals surface area contributed by atoms with Crippen molar-refractivity contribution in [2.45, 2.75) is 47.1 Å². The van der Waals surface area contributed by atoms with Crippen LogP contribution >= 0.6 is 0 Å². The highest BCUT2D eigenvalue weighted by molar-refractivity contribution is 5.79. The maximum atomic E-state index is 10.8. The molecule has 0 aromatic rings. The van der Waals surface area contributed by atoms with Gasteiger partial charge >= 0.3 is 0 Å². The van der Waals surface area contributed by atoms with Gasteiger partial charge in [-0.3, -0.25) is 9.79 Å². The van der Waals surface area contributed by atoms with E-state index in [1.54, 1.807) is 0 Å². The minimum absolute atomic E-state index is 0.0183. The first-order valence-corrected chi connectivity index (χ1v) is 7.89. The number of hydrogen-bond donors (Lipinski definition) is 3. The fourth-order valence-electron chi connectivity index (χ4n) is 1.89. The number of hydrogen-bond acceptors (Lipinski definition) is 3. The molecule has 124 valence electrons. The molecule has 0 rings (SSSR count). The number of aliphatic imine (C=N–C) groups is 1. The molecule has 6 heteroatoms. The highest BCUT2D eigenvalue weighted by Gasteiger charge is 2.12. The highest BCUT2D eigenvalue weighted by atomic mass is 16.5. The molecular formula is C15H32N4O2. The van der Waals surface area contributed by atoms with Crippen LogP contribution in [0.4, 0.5) is 0 Å². The number of rotatable bonds is 10. The van der Waals surface area contributed by atoms with Crippen LogP contribution in [0.2, 0.25) is 0 Å². The topological polar surface area (TPSA) is 74.8 Å². The first kappa shape index (κ1) is 19.7. The third-order valence-corrected chi connectivity index (χ3v) is 2.94. The van der Waals surface area contributed by atoms with E-state index >= 15 is 0 Å². The number of nitrogens with zero attached hydrogens (tertiary/aromatic N) is 1. The lowest BCUT2D eigenvalue weighted by atomic mass is 10.0. The molecule has 0 spiro atoms. The molecule has 1 unspecified atom stereocenters. The van der Waals surface area contributed by atoms with E-state index in [-0.39, 0.29) is 12.0 Å². The van der Waals surface area contributed by atoms with Crippen LogP contribution in [0.5, 0.6) is 0 Å². The summed E-state index contributed by atoms with van der Waals surface area (Å²) < 4.78 is 5.71. The largest absolute Gasteiger partial charge is 0.378 e. The average Bonchev–Trinajstić information content (AvgIpc) is 2.42. The van der Waals surface area contributed by atoms with Crippen LogP contribution in [0.1, 0.15) is 41.0 Å². The number of amides is 1. The second-order valence-electron chi connectivity index (χ2n) is 5.20. The van der Waals surface area contributed by atoms with E-state index in [4.69, 9.17) is 4.74 Å². The highest BCUT2D eigenvalue weighted by Crippen LogP contribution is 2.10. The van der Waals surface area contributed by atoms with E-state index in [9.17, 15) is 4.79 Å². The summed E-state index contributed by atoms with van der Waals surface area (Å²) in [6.45, 7) is 13.4. The molecule has 1 atom stereocenters. The van der Waals surface area contributed by atoms with Crippen LogP contribution in [-0.2, 0) is 9.53 Å². The fourth-order valence-corrected chi connectivity index (χ4v) is 1.89. The second kappa shape index (κ2) is 12.4. The Labute approximate surface area is 129 Å². The Balaban J connectivity index is 4.15. The van der Waals surface area contributed by atoms with Crippen molar-refractivity contribution in [2.75, 3.05) is 32.8 Å². The van der Waals surface area contributed by atoms with E-state index < -0.39 is 0 Å². The van der Waals surface area contributed by atoms with Crippen molar-refractivity contribution in [3.63, 3.8) is 0 Å². The summed E-state index contributed by atoms with van der Waals surface area (Å²) in [5.74, 6) is 1.26. The zero-order valence-corrected chi connectivity index (χ0v) is 14.2. The van der Waals surface area contributed by atoms with Gasteiger partial charge in [0, 0.05) is 39.7 Å². The van der Waals surface area contributed by atoms with Crippen LogP contribution in [0, 0.1) is 5.92 Å². The standard InChI is InChI=1S/C15H32N4O2/c1-6-16-15(19-11-10-17-13(5)20)18-9-8-14(12(3)4)21-7-2/h12,14H,6-11H2,1-5H3,(H,17,20)(H2,16,18,19). The fraction of sp³-hybridized carbons (Fsp3) is 0.867. The van der Waals surface area contributed by atoms with Crippen LogP contribution in [0.25, 0.3) is 0 Å². The zero-order chi connectivity index (χ0) is 16.1. The quantitative estimate of drug-likeness (QED) is 0.321. The Hall–Kier alpha value is -1.30. The number of guanidine groups is 1. The minimum Gasteiger partial charge on any atom is -0.378 e. The summed E-state index contributed by atoms with van der Waals surface area (Å²) in [5.41, 5.74) is 0. The third kappa shape index (κ3) is 11.1. The first-order chi connectivity index (χ1) is 10.0. The molecule has 0 fully saturated rings. The van der Waals surface area contributed by atoms with E-state index in [0.717, 1.165) is 32.1 Å². The Morgan fingerprint density at radius 3 is 2.33 bits per heavy atom. The van der Waals surface area contributed by atoms with Gasteiger partial charge in [-0.15, -0.1) is 0 Å². The third-order valence-electron chi connectivity index (χ3n) is 2.94. The molecule has 0 bridgehead atoms. The van der Waals surface area contributed by atoms with Crippen molar-refractivity contribution in [2.24, 2.45) is 10.9 Å². The lowest BCUT2D eigenvalue weighted by molar-refractivity contribution is -0.118. The monoisotopic (exact) mass is 300 g/mol. The summed E-state index contributed by atoms with van der Waals surface area (Å²) in [6, 6.07) is 0. The van der Waals surface area contributed by atoms with E-state index in [1.807, 2.05) is 13.8 Å². The van der Waals surface area contributed by atoms with E-state index in [1.165, 1.54) is 6.92 Å². The van der Waals surface area contributed by atoms with Crippen LogP contribution in [0.15, 0.2) is 4.99 Å². The van der Waals surface area contributed by atoms with E-state index in [0.29, 0.717) is 19.0 Å². The Kier molecular flexibility index (Phi) is 11.7. The minimum atomic E-state index is -0.0183.